The summed E-state index contributed by atoms with van der Waals surface area (Å²) >= 11 is 0. The number of benzene rings is 2. The molecule has 174 valence electrons. The lowest BCUT2D eigenvalue weighted by Gasteiger charge is -2.13. The third kappa shape index (κ3) is 4.23. The van der Waals surface area contributed by atoms with Crippen LogP contribution in [0.1, 0.15) is 16.9 Å². The van der Waals surface area contributed by atoms with Gasteiger partial charge < -0.3 is 15.2 Å². The van der Waals surface area contributed by atoms with Crippen molar-refractivity contribution in [3.8, 4) is 22.5 Å². The van der Waals surface area contributed by atoms with Crippen molar-refractivity contribution in [1.29, 1.82) is 0 Å². The number of amides is 1. The highest BCUT2D eigenvalue weighted by Gasteiger charge is 2.27. The molecule has 1 aliphatic rings. The second-order valence-corrected chi connectivity index (χ2v) is 8.58. The lowest BCUT2D eigenvalue weighted by molar-refractivity contribution is 0.0778. The minimum atomic E-state index is -0.942. The molecule has 0 radical (unpaired) electrons. The van der Waals surface area contributed by atoms with E-state index in [0.717, 1.165) is 33.3 Å². The highest BCUT2D eigenvalue weighted by Crippen LogP contribution is 2.26. The third-order valence-electron chi connectivity index (χ3n) is 6.17. The minimum absolute atomic E-state index is 0.152. The lowest BCUT2D eigenvalue weighted by atomic mass is 10.1. The molecule has 3 aromatic heterocycles. The Kier molecular flexibility index (Phi) is 5.21. The van der Waals surface area contributed by atoms with Crippen molar-refractivity contribution in [3.63, 3.8) is 0 Å². The van der Waals surface area contributed by atoms with E-state index in [0.29, 0.717) is 30.3 Å². The van der Waals surface area contributed by atoms with E-state index in [-0.39, 0.29) is 12.5 Å². The molecular weight excluding hydrogens is 445 g/mol. The fourth-order valence-corrected chi connectivity index (χ4v) is 4.32. The van der Waals surface area contributed by atoms with E-state index >= 15 is 0 Å². The number of nitrogens with one attached hydrogen (secondary N) is 3. The molecule has 3 N–H and O–H groups in total. The molecule has 8 nitrogen and oxygen atoms in total. The summed E-state index contributed by atoms with van der Waals surface area (Å²) in [5.74, 6) is 1.06. The molecule has 0 saturated carbocycles. The van der Waals surface area contributed by atoms with Gasteiger partial charge in [0.1, 0.15) is 17.7 Å². The van der Waals surface area contributed by atoms with Gasteiger partial charge in [0.05, 0.1) is 12.7 Å². The number of likely N-dealkylation sites (tertiary alicyclic amines) is 1. The third-order valence-corrected chi connectivity index (χ3v) is 6.17. The largest absolute Gasteiger partial charge is 0.351 e. The van der Waals surface area contributed by atoms with Gasteiger partial charge in [-0.3, -0.25) is 9.89 Å². The van der Waals surface area contributed by atoms with Gasteiger partial charge in [-0.2, -0.15) is 5.10 Å². The van der Waals surface area contributed by atoms with E-state index in [1.807, 2.05) is 54.7 Å². The van der Waals surface area contributed by atoms with Crippen molar-refractivity contribution < 1.29 is 9.18 Å². The van der Waals surface area contributed by atoms with Gasteiger partial charge >= 0.3 is 0 Å². The van der Waals surface area contributed by atoms with Crippen LogP contribution >= 0.6 is 0 Å². The fourth-order valence-electron chi connectivity index (χ4n) is 4.32. The minimum Gasteiger partial charge on any atom is -0.351 e. The van der Waals surface area contributed by atoms with Crippen LogP contribution in [0.2, 0.25) is 0 Å². The molecular formula is C26H22FN7O. The predicted octanol–water partition coefficient (Wildman–Crippen LogP) is 4.94. The molecule has 6 rings (SSSR count). The van der Waals surface area contributed by atoms with Gasteiger partial charge in [-0.05, 0) is 42.3 Å². The van der Waals surface area contributed by atoms with Crippen molar-refractivity contribution in [2.45, 2.75) is 12.6 Å². The number of alkyl halides is 1. The Bertz CT molecular complexity index is 1490. The van der Waals surface area contributed by atoms with Gasteiger partial charge in [0.15, 0.2) is 5.82 Å². The second-order valence-electron chi connectivity index (χ2n) is 8.58. The van der Waals surface area contributed by atoms with Crippen LogP contribution in [0.5, 0.6) is 0 Å². The summed E-state index contributed by atoms with van der Waals surface area (Å²) in [6, 6.07) is 17.4. The standard InChI is InChI=1S/C26H22FN7O/c27-20-8-10-34(15-20)26(35)23-11-17-1-2-18(12-22(17)32-23)25-28-9-7-24(33-25)31-21-5-3-16(4-6-21)19-13-29-30-14-19/h1-7,9,11-14,20,32H,8,10,15H2,(H,29,30)(H,28,31,33). The first-order valence-corrected chi connectivity index (χ1v) is 11.4. The molecule has 0 spiro atoms. The van der Waals surface area contributed by atoms with Crippen LogP contribution in [0, 0.1) is 0 Å². The van der Waals surface area contributed by atoms with Crippen molar-refractivity contribution in [3.05, 3.63) is 78.9 Å². The van der Waals surface area contributed by atoms with E-state index < -0.39 is 6.17 Å². The number of aromatic nitrogens is 5. The zero-order valence-electron chi connectivity index (χ0n) is 18.7. The van der Waals surface area contributed by atoms with E-state index in [1.165, 1.54) is 0 Å². The molecule has 1 amide bonds. The lowest BCUT2D eigenvalue weighted by Crippen LogP contribution is -2.29. The van der Waals surface area contributed by atoms with E-state index in [9.17, 15) is 9.18 Å². The van der Waals surface area contributed by atoms with E-state index in [1.54, 1.807) is 23.4 Å². The molecule has 1 saturated heterocycles. The fraction of sp³-hybridized carbons (Fsp3) is 0.154. The first-order valence-electron chi connectivity index (χ1n) is 11.4. The molecule has 1 atom stereocenters. The number of fused-ring (bicyclic) bond motifs is 1. The number of H-pyrrole nitrogens is 2. The number of rotatable bonds is 5. The molecule has 0 aliphatic carbocycles. The number of halogens is 1. The van der Waals surface area contributed by atoms with Crippen molar-refractivity contribution in [2.75, 3.05) is 18.4 Å². The van der Waals surface area contributed by atoms with E-state index in [4.69, 9.17) is 0 Å². The summed E-state index contributed by atoms with van der Waals surface area (Å²) < 4.78 is 13.5. The van der Waals surface area contributed by atoms with Crippen LogP contribution in [0.4, 0.5) is 15.9 Å². The zero-order chi connectivity index (χ0) is 23.8. The van der Waals surface area contributed by atoms with Gasteiger partial charge in [0.25, 0.3) is 5.91 Å². The molecule has 0 bridgehead atoms. The highest BCUT2D eigenvalue weighted by atomic mass is 19.1. The Morgan fingerprint density at radius 3 is 2.69 bits per heavy atom. The van der Waals surface area contributed by atoms with Gasteiger partial charge in [0.2, 0.25) is 0 Å². The molecule has 5 aromatic rings. The highest BCUT2D eigenvalue weighted by molar-refractivity contribution is 5.98. The van der Waals surface area contributed by atoms with Crippen LogP contribution < -0.4 is 5.32 Å². The quantitative estimate of drug-likeness (QED) is 0.340. The Labute approximate surface area is 200 Å². The number of hydrogen-bond acceptors (Lipinski definition) is 5. The van der Waals surface area contributed by atoms with Gasteiger partial charge in [-0.25, -0.2) is 14.4 Å². The maximum atomic E-state index is 13.5. The molecule has 1 unspecified atom stereocenters. The SMILES string of the molecule is O=C(c1cc2ccc(-c3nccc(Nc4ccc(-c5cn[nH]c5)cc4)n3)cc2[nH]1)N1CCC(F)C1. The van der Waals surface area contributed by atoms with E-state index in [2.05, 4.69) is 30.5 Å². The Morgan fingerprint density at radius 1 is 1.06 bits per heavy atom. The van der Waals surface area contributed by atoms with Crippen molar-refractivity contribution >= 4 is 28.3 Å². The Hall–Kier alpha value is -4.53. The summed E-state index contributed by atoms with van der Waals surface area (Å²) in [7, 11) is 0. The summed E-state index contributed by atoms with van der Waals surface area (Å²) in [4.78, 5) is 26.5. The second kappa shape index (κ2) is 8.68. The van der Waals surface area contributed by atoms with Crippen LogP contribution in [0.15, 0.2) is 73.2 Å². The smallest absolute Gasteiger partial charge is 0.270 e. The Morgan fingerprint density at radius 2 is 1.91 bits per heavy atom. The first kappa shape index (κ1) is 21.0. The zero-order valence-corrected chi connectivity index (χ0v) is 18.7. The number of carbonyl (C=O) groups is 1. The van der Waals surface area contributed by atoms with Crippen LogP contribution in [-0.2, 0) is 0 Å². The van der Waals surface area contributed by atoms with Crippen molar-refractivity contribution in [2.24, 2.45) is 0 Å². The number of hydrogen-bond donors (Lipinski definition) is 3. The molecule has 2 aromatic carbocycles. The summed E-state index contributed by atoms with van der Waals surface area (Å²) in [5, 5.41) is 11.0. The van der Waals surface area contributed by atoms with Gasteiger partial charge in [0, 0.05) is 46.7 Å². The predicted molar refractivity (Wildman–Crippen MR) is 132 cm³/mol. The topological polar surface area (TPSA) is 103 Å². The van der Waals surface area contributed by atoms with Gasteiger partial charge in [-0.15, -0.1) is 0 Å². The maximum Gasteiger partial charge on any atom is 0.270 e. The molecule has 1 aliphatic heterocycles. The summed E-state index contributed by atoms with van der Waals surface area (Å²) in [6.45, 7) is 0.597. The average molecular weight is 468 g/mol. The van der Waals surface area contributed by atoms with Crippen molar-refractivity contribution in [1.82, 2.24) is 30.0 Å². The average Bonchev–Trinajstić information content (AvgIpc) is 3.65. The molecule has 9 heteroatoms. The Balaban J connectivity index is 1.22. The number of carbonyl (C=O) groups excluding carboxylic acids is 1. The van der Waals surface area contributed by atoms with Crippen LogP contribution in [0.25, 0.3) is 33.4 Å². The first-order chi connectivity index (χ1) is 17.1. The normalized spacial score (nSPS) is 15.6. The summed E-state index contributed by atoms with van der Waals surface area (Å²) in [5.41, 5.74) is 5.08. The molecule has 4 heterocycles. The number of nitrogens with zero attached hydrogens (tertiary/aromatic N) is 4. The molecule has 1 fully saturated rings. The van der Waals surface area contributed by atoms with Gasteiger partial charge in [-0.1, -0.05) is 24.3 Å². The maximum absolute atomic E-state index is 13.5. The molecule has 35 heavy (non-hydrogen) atoms. The van der Waals surface area contributed by atoms with Crippen LogP contribution in [-0.4, -0.2) is 55.2 Å². The van der Waals surface area contributed by atoms with Crippen LogP contribution in [0.3, 0.4) is 0 Å². The number of anilines is 2. The monoisotopic (exact) mass is 467 g/mol. The number of aromatic amines is 2. The summed E-state index contributed by atoms with van der Waals surface area (Å²) in [6.07, 6.45) is 4.79.